The first-order valence-electron chi connectivity index (χ1n) is 8.67. The van der Waals surface area contributed by atoms with E-state index in [1.54, 1.807) is 48.5 Å². The number of benzene rings is 1. The van der Waals surface area contributed by atoms with Crippen molar-refractivity contribution in [2.75, 3.05) is 44.4 Å². The molecule has 1 saturated heterocycles. The first-order chi connectivity index (χ1) is 12.9. The Morgan fingerprint density at radius 2 is 1.85 bits per heavy atom. The smallest absolute Gasteiger partial charge is 0.254 e. The summed E-state index contributed by atoms with van der Waals surface area (Å²) in [6, 6.07) is 10.6. The fourth-order valence-corrected chi connectivity index (χ4v) is 3.96. The molecule has 0 spiro atoms. The number of hydrogen-bond donors (Lipinski definition) is 0. The van der Waals surface area contributed by atoms with Gasteiger partial charge in [-0.05, 0) is 17.7 Å². The van der Waals surface area contributed by atoms with Crippen molar-refractivity contribution in [1.82, 2.24) is 9.88 Å². The van der Waals surface area contributed by atoms with E-state index in [0.717, 1.165) is 11.6 Å². The van der Waals surface area contributed by atoms with Gasteiger partial charge in [-0.1, -0.05) is 18.2 Å². The number of anilines is 1. The minimum absolute atomic E-state index is 0.132. The maximum absolute atomic E-state index is 12.9. The van der Waals surface area contributed by atoms with Crippen LogP contribution in [0.3, 0.4) is 0 Å². The van der Waals surface area contributed by atoms with Crippen molar-refractivity contribution in [2.24, 2.45) is 0 Å². The number of carbonyl (C=O) groups is 1. The van der Waals surface area contributed by atoms with Gasteiger partial charge in [-0.2, -0.15) is 0 Å². The Morgan fingerprint density at radius 1 is 1.15 bits per heavy atom. The molecule has 0 N–H and O–H groups in total. The number of hydrogen-bond acceptors (Lipinski definition) is 6. The summed E-state index contributed by atoms with van der Waals surface area (Å²) in [6.07, 6.45) is 2.88. The quantitative estimate of drug-likeness (QED) is 0.773. The third kappa shape index (κ3) is 4.77. The highest BCUT2D eigenvalue weighted by atomic mass is 32.2. The van der Waals surface area contributed by atoms with Crippen LogP contribution in [0.25, 0.3) is 0 Å². The Bertz CT molecular complexity index is 922. The van der Waals surface area contributed by atoms with Gasteiger partial charge in [0.2, 0.25) is 0 Å². The minimum Gasteiger partial charge on any atom is -0.497 e. The summed E-state index contributed by atoms with van der Waals surface area (Å²) in [5.41, 5.74) is 0.998. The molecule has 144 valence electrons. The van der Waals surface area contributed by atoms with Gasteiger partial charge in [-0.15, -0.1) is 0 Å². The fraction of sp³-hybridized carbons (Fsp3) is 0.368. The molecule has 0 radical (unpaired) electrons. The molecule has 0 unspecified atom stereocenters. The van der Waals surface area contributed by atoms with E-state index in [2.05, 4.69) is 9.88 Å². The van der Waals surface area contributed by atoms with E-state index in [1.807, 2.05) is 6.07 Å². The van der Waals surface area contributed by atoms with E-state index < -0.39 is 9.84 Å². The standard InChI is InChI=1S/C19H23N3O4S/c1-26-16-7-8-20-18(13-16)21-9-11-22(12-10-21)19(23)17-6-4-3-5-15(17)14-27(2,24)25/h3-8,13H,9-12,14H2,1-2H3. The van der Waals surface area contributed by atoms with Gasteiger partial charge in [0.05, 0.1) is 12.9 Å². The first-order valence-corrected chi connectivity index (χ1v) is 10.7. The van der Waals surface area contributed by atoms with Crippen LogP contribution in [-0.2, 0) is 15.6 Å². The molecule has 1 amide bonds. The second kappa shape index (κ2) is 7.96. The van der Waals surface area contributed by atoms with Crippen molar-refractivity contribution in [3.8, 4) is 5.75 Å². The third-order valence-electron chi connectivity index (χ3n) is 4.51. The molecule has 0 bridgehead atoms. The van der Waals surface area contributed by atoms with E-state index in [0.29, 0.717) is 37.3 Å². The summed E-state index contributed by atoms with van der Waals surface area (Å²) in [4.78, 5) is 21.2. The van der Waals surface area contributed by atoms with Gasteiger partial charge in [0.15, 0.2) is 9.84 Å². The second-order valence-corrected chi connectivity index (χ2v) is 8.70. The summed E-state index contributed by atoms with van der Waals surface area (Å²) in [5.74, 6) is 1.29. The first kappa shape index (κ1) is 19.2. The number of amides is 1. The van der Waals surface area contributed by atoms with Crippen LogP contribution in [0.2, 0.25) is 0 Å². The number of ether oxygens (including phenoxy) is 1. The van der Waals surface area contributed by atoms with Gasteiger partial charge >= 0.3 is 0 Å². The van der Waals surface area contributed by atoms with Crippen LogP contribution in [-0.4, -0.2) is 63.8 Å². The van der Waals surface area contributed by atoms with E-state index in [-0.39, 0.29) is 11.7 Å². The number of piperazine rings is 1. The predicted molar refractivity (Wildman–Crippen MR) is 104 cm³/mol. The topological polar surface area (TPSA) is 79.8 Å². The van der Waals surface area contributed by atoms with Crippen molar-refractivity contribution >= 4 is 21.6 Å². The molecule has 0 saturated carbocycles. The monoisotopic (exact) mass is 389 g/mol. The number of pyridine rings is 1. The summed E-state index contributed by atoms with van der Waals surface area (Å²) in [6.45, 7) is 2.40. The van der Waals surface area contributed by atoms with E-state index in [9.17, 15) is 13.2 Å². The molecule has 8 heteroatoms. The summed E-state index contributed by atoms with van der Waals surface area (Å²) < 4.78 is 28.5. The molecule has 1 fully saturated rings. The van der Waals surface area contributed by atoms with Crippen LogP contribution >= 0.6 is 0 Å². The molecule has 7 nitrogen and oxygen atoms in total. The lowest BCUT2D eigenvalue weighted by Gasteiger charge is -2.35. The molecule has 3 rings (SSSR count). The molecule has 27 heavy (non-hydrogen) atoms. The molecule has 1 aliphatic rings. The van der Waals surface area contributed by atoms with Crippen molar-refractivity contribution in [1.29, 1.82) is 0 Å². The van der Waals surface area contributed by atoms with Crippen LogP contribution in [0, 0.1) is 0 Å². The number of sulfone groups is 1. The van der Waals surface area contributed by atoms with E-state index in [4.69, 9.17) is 4.74 Å². The molecule has 0 aliphatic carbocycles. The maximum atomic E-state index is 12.9. The molecule has 1 aromatic heterocycles. The molecular weight excluding hydrogens is 366 g/mol. The Hall–Kier alpha value is -2.61. The summed E-state index contributed by atoms with van der Waals surface area (Å²) in [5, 5.41) is 0. The van der Waals surface area contributed by atoms with Crippen molar-refractivity contribution in [2.45, 2.75) is 5.75 Å². The van der Waals surface area contributed by atoms with Gasteiger partial charge in [0.1, 0.15) is 11.6 Å². The largest absolute Gasteiger partial charge is 0.497 e. The zero-order chi connectivity index (χ0) is 19.4. The maximum Gasteiger partial charge on any atom is 0.254 e. The lowest BCUT2D eigenvalue weighted by molar-refractivity contribution is 0.0745. The van der Waals surface area contributed by atoms with Gasteiger partial charge < -0.3 is 14.5 Å². The van der Waals surface area contributed by atoms with Crippen molar-refractivity contribution < 1.29 is 17.9 Å². The van der Waals surface area contributed by atoms with Crippen LogP contribution < -0.4 is 9.64 Å². The van der Waals surface area contributed by atoms with Crippen LogP contribution in [0.15, 0.2) is 42.6 Å². The van der Waals surface area contributed by atoms with Crippen molar-refractivity contribution in [3.05, 3.63) is 53.7 Å². The lowest BCUT2D eigenvalue weighted by atomic mass is 10.1. The lowest BCUT2D eigenvalue weighted by Crippen LogP contribution is -2.49. The van der Waals surface area contributed by atoms with E-state index >= 15 is 0 Å². The molecule has 2 aromatic rings. The van der Waals surface area contributed by atoms with Crippen LogP contribution in [0.1, 0.15) is 15.9 Å². The zero-order valence-corrected chi connectivity index (χ0v) is 16.3. The highest BCUT2D eigenvalue weighted by Gasteiger charge is 2.25. The highest BCUT2D eigenvalue weighted by molar-refractivity contribution is 7.89. The number of carbonyl (C=O) groups excluding carboxylic acids is 1. The Morgan fingerprint density at radius 3 is 2.52 bits per heavy atom. The Balaban J connectivity index is 1.70. The minimum atomic E-state index is -3.21. The zero-order valence-electron chi connectivity index (χ0n) is 15.5. The summed E-state index contributed by atoms with van der Waals surface area (Å²) >= 11 is 0. The van der Waals surface area contributed by atoms with Gasteiger partial charge in [0.25, 0.3) is 5.91 Å². The van der Waals surface area contributed by atoms with Crippen LogP contribution in [0.4, 0.5) is 5.82 Å². The number of rotatable bonds is 5. The Kier molecular flexibility index (Phi) is 5.65. The molecule has 1 aliphatic heterocycles. The SMILES string of the molecule is COc1ccnc(N2CCN(C(=O)c3ccccc3CS(C)(=O)=O)CC2)c1. The molecule has 0 atom stereocenters. The molecule has 2 heterocycles. The van der Waals surface area contributed by atoms with Gasteiger partial charge in [0, 0.05) is 50.3 Å². The summed E-state index contributed by atoms with van der Waals surface area (Å²) in [7, 11) is -1.60. The van der Waals surface area contributed by atoms with E-state index in [1.165, 1.54) is 6.26 Å². The third-order valence-corrected chi connectivity index (χ3v) is 5.34. The predicted octanol–water partition coefficient (Wildman–Crippen LogP) is 1.60. The number of methoxy groups -OCH3 is 1. The van der Waals surface area contributed by atoms with Crippen molar-refractivity contribution in [3.63, 3.8) is 0 Å². The Labute approximate surface area is 159 Å². The van der Waals surface area contributed by atoms with Gasteiger partial charge in [-0.3, -0.25) is 4.79 Å². The average molecular weight is 389 g/mol. The molecule has 1 aromatic carbocycles. The molecular formula is C19H23N3O4S. The number of aromatic nitrogens is 1. The number of nitrogens with zero attached hydrogens (tertiary/aromatic N) is 3. The van der Waals surface area contributed by atoms with Gasteiger partial charge in [-0.25, -0.2) is 13.4 Å². The highest BCUT2D eigenvalue weighted by Crippen LogP contribution is 2.21. The normalized spacial score (nSPS) is 14.9. The van der Waals surface area contributed by atoms with Crippen LogP contribution in [0.5, 0.6) is 5.75 Å². The fourth-order valence-electron chi connectivity index (χ4n) is 3.15. The average Bonchev–Trinajstić information content (AvgIpc) is 2.67. The second-order valence-electron chi connectivity index (χ2n) is 6.56.